The molecule has 1 heterocycles. The molecule has 1 aliphatic heterocycles. The Balaban J connectivity index is 1.55. The molecule has 3 aromatic carbocycles. The minimum absolute atomic E-state index is 0.292. The van der Waals surface area contributed by atoms with Gasteiger partial charge in [-0.15, -0.1) is 0 Å². The Morgan fingerprint density at radius 2 is 1.50 bits per heavy atom. The number of halogens is 1. The number of anilines is 2. The molecule has 0 atom stereocenters. The van der Waals surface area contributed by atoms with Crippen LogP contribution in [0.2, 0.25) is 5.02 Å². The third-order valence-electron chi connectivity index (χ3n) is 4.62. The molecule has 0 aliphatic carbocycles. The van der Waals surface area contributed by atoms with E-state index in [-0.39, 0.29) is 17.7 Å². The second-order valence-electron chi connectivity index (χ2n) is 6.45. The molecule has 1 aliphatic rings. The SMILES string of the molecule is Cc1cc(Cl)ccc1NC(=O)c1ccc(N2C(=O)c3ccccc3C2=O)cc1. The van der Waals surface area contributed by atoms with Crippen molar-refractivity contribution in [3.8, 4) is 0 Å². The normalized spacial score (nSPS) is 12.9. The third-order valence-corrected chi connectivity index (χ3v) is 4.85. The van der Waals surface area contributed by atoms with Gasteiger partial charge < -0.3 is 5.32 Å². The van der Waals surface area contributed by atoms with Gasteiger partial charge in [0.05, 0.1) is 16.8 Å². The number of carbonyl (C=O) groups excluding carboxylic acids is 3. The topological polar surface area (TPSA) is 66.5 Å². The molecule has 0 unspecified atom stereocenters. The summed E-state index contributed by atoms with van der Waals surface area (Å²) < 4.78 is 0. The molecule has 0 saturated heterocycles. The van der Waals surface area contributed by atoms with Crippen molar-refractivity contribution in [2.75, 3.05) is 10.2 Å². The zero-order valence-corrected chi connectivity index (χ0v) is 15.7. The highest BCUT2D eigenvalue weighted by Gasteiger charge is 2.36. The molecule has 0 aromatic heterocycles. The first kappa shape index (κ1) is 17.9. The van der Waals surface area contributed by atoms with Crippen molar-refractivity contribution in [1.29, 1.82) is 0 Å². The van der Waals surface area contributed by atoms with Crippen molar-refractivity contribution in [3.63, 3.8) is 0 Å². The molecule has 4 rings (SSSR count). The molecule has 3 amide bonds. The number of benzene rings is 3. The number of nitrogens with one attached hydrogen (secondary N) is 1. The van der Waals surface area contributed by atoms with Gasteiger partial charge in [-0.05, 0) is 67.1 Å². The monoisotopic (exact) mass is 390 g/mol. The van der Waals surface area contributed by atoms with Gasteiger partial charge in [0.25, 0.3) is 17.7 Å². The number of hydrogen-bond acceptors (Lipinski definition) is 3. The van der Waals surface area contributed by atoms with E-state index in [4.69, 9.17) is 11.6 Å². The van der Waals surface area contributed by atoms with E-state index in [1.165, 1.54) is 0 Å². The molecule has 0 bridgehead atoms. The lowest BCUT2D eigenvalue weighted by Crippen LogP contribution is -2.29. The number of carbonyl (C=O) groups is 3. The van der Waals surface area contributed by atoms with Crippen LogP contribution in [0.4, 0.5) is 11.4 Å². The van der Waals surface area contributed by atoms with Crippen LogP contribution >= 0.6 is 11.6 Å². The summed E-state index contributed by atoms with van der Waals surface area (Å²) in [6.07, 6.45) is 0. The van der Waals surface area contributed by atoms with Gasteiger partial charge in [-0.1, -0.05) is 23.7 Å². The van der Waals surface area contributed by atoms with Gasteiger partial charge in [0.2, 0.25) is 0 Å². The van der Waals surface area contributed by atoms with E-state index in [9.17, 15) is 14.4 Å². The van der Waals surface area contributed by atoms with Crippen molar-refractivity contribution in [2.45, 2.75) is 6.92 Å². The number of aryl methyl sites for hydroxylation is 1. The predicted molar refractivity (Wildman–Crippen MR) is 108 cm³/mol. The van der Waals surface area contributed by atoms with Crippen molar-refractivity contribution >= 4 is 40.7 Å². The fraction of sp³-hybridized carbons (Fsp3) is 0.0455. The van der Waals surface area contributed by atoms with Crippen molar-refractivity contribution in [2.24, 2.45) is 0 Å². The van der Waals surface area contributed by atoms with Crippen molar-refractivity contribution in [1.82, 2.24) is 0 Å². The van der Waals surface area contributed by atoms with Gasteiger partial charge in [0, 0.05) is 16.3 Å². The van der Waals surface area contributed by atoms with Crippen LogP contribution in [0.1, 0.15) is 36.6 Å². The maximum absolute atomic E-state index is 12.5. The first-order valence-corrected chi connectivity index (χ1v) is 8.99. The summed E-state index contributed by atoms with van der Waals surface area (Å²) in [5, 5.41) is 3.43. The summed E-state index contributed by atoms with van der Waals surface area (Å²) in [7, 11) is 0. The van der Waals surface area contributed by atoms with Crippen LogP contribution < -0.4 is 10.2 Å². The van der Waals surface area contributed by atoms with Gasteiger partial charge in [0.1, 0.15) is 0 Å². The fourth-order valence-electron chi connectivity index (χ4n) is 3.15. The Morgan fingerprint density at radius 1 is 0.893 bits per heavy atom. The number of amides is 3. The molecule has 3 aromatic rings. The lowest BCUT2D eigenvalue weighted by Gasteiger charge is -2.14. The molecule has 0 radical (unpaired) electrons. The van der Waals surface area contributed by atoms with Crippen LogP contribution in [0.15, 0.2) is 66.7 Å². The number of imide groups is 1. The second-order valence-corrected chi connectivity index (χ2v) is 6.89. The summed E-state index contributed by atoms with van der Waals surface area (Å²) in [4.78, 5) is 38.7. The Bertz CT molecular complexity index is 1090. The molecule has 0 spiro atoms. The number of nitrogens with zero attached hydrogens (tertiary/aromatic N) is 1. The average molecular weight is 391 g/mol. The van der Waals surface area contributed by atoms with E-state index in [1.807, 2.05) is 6.92 Å². The summed E-state index contributed by atoms with van der Waals surface area (Å²) in [6.45, 7) is 1.85. The van der Waals surface area contributed by atoms with Gasteiger partial charge >= 0.3 is 0 Å². The van der Waals surface area contributed by atoms with Crippen LogP contribution in [-0.2, 0) is 0 Å². The van der Waals surface area contributed by atoms with E-state index in [2.05, 4.69) is 5.32 Å². The first-order valence-electron chi connectivity index (χ1n) is 8.61. The van der Waals surface area contributed by atoms with E-state index >= 15 is 0 Å². The molecular weight excluding hydrogens is 376 g/mol. The molecule has 0 saturated carbocycles. The smallest absolute Gasteiger partial charge is 0.266 e. The van der Waals surface area contributed by atoms with Crippen molar-refractivity contribution in [3.05, 3.63) is 94.0 Å². The highest BCUT2D eigenvalue weighted by Crippen LogP contribution is 2.28. The Morgan fingerprint density at radius 3 is 2.07 bits per heavy atom. The van der Waals surface area contributed by atoms with E-state index in [1.54, 1.807) is 66.7 Å². The molecule has 6 heteroatoms. The van der Waals surface area contributed by atoms with E-state index in [0.29, 0.717) is 33.1 Å². The summed E-state index contributed by atoms with van der Waals surface area (Å²) in [6, 6.07) is 18.3. The largest absolute Gasteiger partial charge is 0.322 e. The number of hydrogen-bond donors (Lipinski definition) is 1. The van der Waals surface area contributed by atoms with Crippen molar-refractivity contribution < 1.29 is 14.4 Å². The Kier molecular flexibility index (Phi) is 4.45. The Labute approximate surface area is 166 Å². The third kappa shape index (κ3) is 3.06. The van der Waals surface area contributed by atoms with E-state index in [0.717, 1.165) is 10.5 Å². The zero-order chi connectivity index (χ0) is 19.8. The van der Waals surface area contributed by atoms with Gasteiger partial charge in [-0.25, -0.2) is 4.90 Å². The average Bonchev–Trinajstić information content (AvgIpc) is 2.95. The number of rotatable bonds is 3. The maximum Gasteiger partial charge on any atom is 0.266 e. The molecule has 0 fully saturated rings. The summed E-state index contributed by atoms with van der Waals surface area (Å²) in [5.74, 6) is -1.02. The minimum atomic E-state index is -0.366. The lowest BCUT2D eigenvalue weighted by molar-refractivity contribution is 0.0925. The highest BCUT2D eigenvalue weighted by atomic mass is 35.5. The van der Waals surface area contributed by atoms with Gasteiger partial charge in [-0.3, -0.25) is 14.4 Å². The molecule has 28 heavy (non-hydrogen) atoms. The minimum Gasteiger partial charge on any atom is -0.322 e. The standard InChI is InChI=1S/C22H15ClN2O3/c1-13-12-15(23)8-11-19(13)24-20(26)14-6-9-16(10-7-14)25-21(27)17-4-2-3-5-18(17)22(25)28/h2-12H,1H3,(H,24,26). The summed E-state index contributed by atoms with van der Waals surface area (Å²) >= 11 is 5.93. The first-order chi connectivity index (χ1) is 13.5. The van der Waals surface area contributed by atoms with Crippen LogP contribution in [0.25, 0.3) is 0 Å². The highest BCUT2D eigenvalue weighted by molar-refractivity contribution is 6.34. The van der Waals surface area contributed by atoms with Crippen LogP contribution in [0.3, 0.4) is 0 Å². The molecule has 138 valence electrons. The Hall–Kier alpha value is -3.44. The second kappa shape index (κ2) is 6.94. The van der Waals surface area contributed by atoms with Gasteiger partial charge in [0.15, 0.2) is 0 Å². The van der Waals surface area contributed by atoms with Crippen LogP contribution in [-0.4, -0.2) is 17.7 Å². The number of fused-ring (bicyclic) bond motifs is 1. The van der Waals surface area contributed by atoms with Crippen LogP contribution in [0, 0.1) is 6.92 Å². The summed E-state index contributed by atoms with van der Waals surface area (Å²) in [5.41, 5.74) is 3.11. The zero-order valence-electron chi connectivity index (χ0n) is 14.9. The lowest BCUT2D eigenvalue weighted by atomic mass is 10.1. The molecule has 5 nitrogen and oxygen atoms in total. The van der Waals surface area contributed by atoms with Gasteiger partial charge in [-0.2, -0.15) is 0 Å². The van der Waals surface area contributed by atoms with Crippen LogP contribution in [0.5, 0.6) is 0 Å². The van der Waals surface area contributed by atoms with E-state index < -0.39 is 0 Å². The predicted octanol–water partition coefficient (Wildman–Crippen LogP) is 4.70. The molecular formula is C22H15ClN2O3. The quantitative estimate of drug-likeness (QED) is 0.659. The maximum atomic E-state index is 12.5. The molecule has 1 N–H and O–H groups in total. The fourth-order valence-corrected chi connectivity index (χ4v) is 3.37.